The lowest BCUT2D eigenvalue weighted by Gasteiger charge is -2.15. The van der Waals surface area contributed by atoms with Crippen LogP contribution in [0.2, 0.25) is 0 Å². The normalized spacial score (nSPS) is 17.1. The van der Waals surface area contributed by atoms with Crippen molar-refractivity contribution < 1.29 is 29.1 Å². The van der Waals surface area contributed by atoms with Crippen molar-refractivity contribution >= 4 is 23.8 Å². The van der Waals surface area contributed by atoms with Gasteiger partial charge in [0, 0.05) is 19.3 Å². The van der Waals surface area contributed by atoms with Crippen molar-refractivity contribution in [3.63, 3.8) is 0 Å². The summed E-state index contributed by atoms with van der Waals surface area (Å²) in [7, 11) is 0. The van der Waals surface area contributed by atoms with E-state index in [2.05, 4.69) is 4.84 Å². The highest BCUT2D eigenvalue weighted by Crippen LogP contribution is 2.13. The van der Waals surface area contributed by atoms with Crippen LogP contribution >= 0.6 is 0 Å². The molecule has 1 atom stereocenters. The predicted molar refractivity (Wildman–Crippen MR) is 52.0 cm³/mol. The Labute approximate surface area is 96.3 Å². The molecular formula is C9H12N2O6. The molecule has 8 heteroatoms. The van der Waals surface area contributed by atoms with E-state index < -0.39 is 29.8 Å². The number of carboxylic acid groups (broad SMARTS) is 1. The van der Waals surface area contributed by atoms with E-state index in [-0.39, 0.29) is 25.7 Å². The molecule has 1 aliphatic heterocycles. The lowest BCUT2D eigenvalue weighted by Crippen LogP contribution is -2.40. The maximum absolute atomic E-state index is 11.3. The molecule has 0 radical (unpaired) electrons. The Bertz CT molecular complexity index is 350. The van der Waals surface area contributed by atoms with Crippen molar-refractivity contribution in [2.75, 3.05) is 0 Å². The van der Waals surface area contributed by atoms with E-state index in [1.807, 2.05) is 0 Å². The van der Waals surface area contributed by atoms with Crippen LogP contribution in [-0.2, 0) is 24.0 Å². The Morgan fingerprint density at radius 1 is 1.35 bits per heavy atom. The molecule has 94 valence electrons. The van der Waals surface area contributed by atoms with E-state index in [4.69, 9.17) is 10.8 Å². The monoisotopic (exact) mass is 244 g/mol. The average Bonchev–Trinajstić information content (AvgIpc) is 2.57. The smallest absolute Gasteiger partial charge is 0.349 e. The number of imide groups is 1. The Kier molecular flexibility index (Phi) is 4.16. The number of rotatable bonds is 5. The summed E-state index contributed by atoms with van der Waals surface area (Å²) in [4.78, 5) is 48.3. The van der Waals surface area contributed by atoms with Gasteiger partial charge in [0.15, 0.2) is 0 Å². The summed E-state index contributed by atoms with van der Waals surface area (Å²) in [5, 5.41) is 8.76. The van der Waals surface area contributed by atoms with E-state index >= 15 is 0 Å². The number of hydroxylamine groups is 2. The van der Waals surface area contributed by atoms with Crippen molar-refractivity contribution in [1.29, 1.82) is 0 Å². The number of carbonyl (C=O) groups excluding carboxylic acids is 3. The minimum absolute atomic E-state index is 0.00349. The minimum atomic E-state index is -1.17. The van der Waals surface area contributed by atoms with Crippen molar-refractivity contribution in [2.45, 2.75) is 31.7 Å². The number of amides is 2. The molecule has 17 heavy (non-hydrogen) atoms. The number of nitrogens with zero attached hydrogens (tertiary/aromatic N) is 1. The van der Waals surface area contributed by atoms with Crippen LogP contribution in [0.25, 0.3) is 0 Å². The molecule has 1 rings (SSSR count). The number of carbonyl (C=O) groups is 4. The molecule has 3 N–H and O–H groups in total. The predicted octanol–water partition coefficient (Wildman–Crippen LogP) is -1.21. The summed E-state index contributed by atoms with van der Waals surface area (Å²) in [5.41, 5.74) is 5.35. The van der Waals surface area contributed by atoms with Gasteiger partial charge in [0.05, 0.1) is 0 Å². The SMILES string of the molecule is N[C@@H](CCC(=O)O)C(=O)ON1C(=O)CCC1=O. The molecule has 0 unspecified atom stereocenters. The molecule has 0 aromatic carbocycles. The van der Waals surface area contributed by atoms with E-state index in [9.17, 15) is 19.2 Å². The van der Waals surface area contributed by atoms with Crippen LogP contribution < -0.4 is 5.73 Å². The Morgan fingerprint density at radius 2 is 1.88 bits per heavy atom. The topological polar surface area (TPSA) is 127 Å². The summed E-state index contributed by atoms with van der Waals surface area (Å²) in [6.07, 6.45) is -0.421. The number of aliphatic carboxylic acids is 1. The summed E-state index contributed by atoms with van der Waals surface area (Å²) >= 11 is 0. The van der Waals surface area contributed by atoms with Gasteiger partial charge in [-0.05, 0) is 6.42 Å². The zero-order chi connectivity index (χ0) is 13.0. The maximum atomic E-state index is 11.3. The first-order valence-corrected chi connectivity index (χ1v) is 4.96. The Balaban J connectivity index is 2.45. The molecule has 1 saturated heterocycles. The minimum Gasteiger partial charge on any atom is -0.481 e. The largest absolute Gasteiger partial charge is 0.481 e. The quantitative estimate of drug-likeness (QED) is 0.580. The third kappa shape index (κ3) is 3.52. The number of carboxylic acids is 1. The van der Waals surface area contributed by atoms with Crippen LogP contribution in [0, 0.1) is 0 Å². The number of hydrogen-bond acceptors (Lipinski definition) is 6. The highest BCUT2D eigenvalue weighted by Gasteiger charge is 2.34. The molecule has 0 aliphatic carbocycles. The number of nitrogens with two attached hydrogens (primary N) is 1. The molecule has 8 nitrogen and oxygen atoms in total. The van der Waals surface area contributed by atoms with Gasteiger partial charge in [0.2, 0.25) is 0 Å². The second-order valence-corrected chi connectivity index (χ2v) is 3.53. The van der Waals surface area contributed by atoms with Gasteiger partial charge >= 0.3 is 11.9 Å². The van der Waals surface area contributed by atoms with E-state index in [1.165, 1.54) is 0 Å². The standard InChI is InChI=1S/C9H12N2O6/c10-5(1-4-8(14)15)9(16)17-11-6(12)2-3-7(11)13/h5H,1-4,10H2,(H,14,15)/t5-/m0/s1. The molecular weight excluding hydrogens is 232 g/mol. The van der Waals surface area contributed by atoms with Crippen LogP contribution in [0.3, 0.4) is 0 Å². The summed E-state index contributed by atoms with van der Waals surface area (Å²) in [6, 6.07) is -1.17. The average molecular weight is 244 g/mol. The first kappa shape index (κ1) is 13.1. The van der Waals surface area contributed by atoms with Gasteiger partial charge in [0.25, 0.3) is 11.8 Å². The van der Waals surface area contributed by atoms with Gasteiger partial charge in [0.1, 0.15) is 6.04 Å². The van der Waals surface area contributed by atoms with Crippen LogP contribution in [0.15, 0.2) is 0 Å². The third-order valence-electron chi connectivity index (χ3n) is 2.16. The summed E-state index contributed by atoms with van der Waals surface area (Å²) in [5.74, 6) is -3.29. The van der Waals surface area contributed by atoms with E-state index in [1.54, 1.807) is 0 Å². The van der Waals surface area contributed by atoms with Crippen molar-refractivity contribution in [2.24, 2.45) is 5.73 Å². The lowest BCUT2D eigenvalue weighted by atomic mass is 10.2. The summed E-state index contributed by atoms with van der Waals surface area (Å²) < 4.78 is 0. The fourth-order valence-corrected chi connectivity index (χ4v) is 1.21. The van der Waals surface area contributed by atoms with Gasteiger partial charge in [-0.1, -0.05) is 0 Å². The third-order valence-corrected chi connectivity index (χ3v) is 2.16. The first-order valence-electron chi connectivity index (χ1n) is 4.96. The molecule has 0 aromatic rings. The Hall–Kier alpha value is -1.96. The molecule has 0 spiro atoms. The van der Waals surface area contributed by atoms with Crippen LogP contribution in [-0.4, -0.2) is 40.0 Å². The van der Waals surface area contributed by atoms with Gasteiger partial charge in [-0.15, -0.1) is 5.06 Å². The first-order chi connectivity index (χ1) is 7.91. The highest BCUT2D eigenvalue weighted by molar-refractivity contribution is 6.01. The highest BCUT2D eigenvalue weighted by atomic mass is 16.7. The second kappa shape index (κ2) is 5.39. The molecule has 2 amide bonds. The zero-order valence-corrected chi connectivity index (χ0v) is 8.92. The summed E-state index contributed by atoms with van der Waals surface area (Å²) in [6.45, 7) is 0. The molecule has 0 saturated carbocycles. The van der Waals surface area contributed by atoms with Crippen molar-refractivity contribution in [3.8, 4) is 0 Å². The number of hydrogen-bond donors (Lipinski definition) is 2. The van der Waals surface area contributed by atoms with Gasteiger partial charge in [-0.2, -0.15) is 0 Å². The molecule has 1 fully saturated rings. The second-order valence-electron chi connectivity index (χ2n) is 3.53. The molecule has 1 heterocycles. The van der Waals surface area contributed by atoms with Gasteiger partial charge in [-0.25, -0.2) is 4.79 Å². The molecule has 1 aliphatic rings. The fraction of sp³-hybridized carbons (Fsp3) is 0.556. The Morgan fingerprint density at radius 3 is 2.35 bits per heavy atom. The molecule has 0 bridgehead atoms. The van der Waals surface area contributed by atoms with Crippen molar-refractivity contribution in [1.82, 2.24) is 5.06 Å². The van der Waals surface area contributed by atoms with Crippen molar-refractivity contribution in [3.05, 3.63) is 0 Å². The molecule has 0 aromatic heterocycles. The fourth-order valence-electron chi connectivity index (χ4n) is 1.21. The van der Waals surface area contributed by atoms with Gasteiger partial charge in [-0.3, -0.25) is 14.4 Å². The lowest BCUT2D eigenvalue weighted by molar-refractivity contribution is -0.198. The van der Waals surface area contributed by atoms with Gasteiger partial charge < -0.3 is 15.7 Å². The van der Waals surface area contributed by atoms with E-state index in [0.29, 0.717) is 5.06 Å². The van der Waals surface area contributed by atoms with Crippen LogP contribution in [0.4, 0.5) is 0 Å². The maximum Gasteiger partial charge on any atom is 0.349 e. The van der Waals surface area contributed by atoms with E-state index in [0.717, 1.165) is 0 Å². The van der Waals surface area contributed by atoms with Crippen LogP contribution in [0.5, 0.6) is 0 Å². The van der Waals surface area contributed by atoms with Crippen LogP contribution in [0.1, 0.15) is 25.7 Å². The zero-order valence-electron chi connectivity index (χ0n) is 8.92.